The Morgan fingerprint density at radius 3 is 2.00 bits per heavy atom. The van der Waals surface area contributed by atoms with Gasteiger partial charge in [0.2, 0.25) is 5.91 Å². The van der Waals surface area contributed by atoms with Crippen molar-refractivity contribution in [3.63, 3.8) is 0 Å². The molecule has 102 valence electrons. The molecule has 0 aliphatic carbocycles. The number of primary amides is 1. The number of carbonyl (C=O) groups is 2. The zero-order valence-corrected chi connectivity index (χ0v) is 11.7. The van der Waals surface area contributed by atoms with E-state index in [0.29, 0.717) is 11.1 Å². The van der Waals surface area contributed by atoms with Crippen molar-refractivity contribution in [2.24, 2.45) is 11.5 Å². The van der Waals surface area contributed by atoms with Crippen molar-refractivity contribution in [3.05, 3.63) is 35.4 Å². The molecule has 0 saturated heterocycles. The third-order valence-corrected chi connectivity index (χ3v) is 2.86. The van der Waals surface area contributed by atoms with Crippen LogP contribution < -0.4 is 11.5 Å². The van der Waals surface area contributed by atoms with Gasteiger partial charge in [-0.3, -0.25) is 9.59 Å². The van der Waals surface area contributed by atoms with E-state index >= 15 is 0 Å². The van der Waals surface area contributed by atoms with Crippen LogP contribution in [0.3, 0.4) is 0 Å². The Balaban J connectivity index is 2.96. The minimum absolute atomic E-state index is 0.104. The van der Waals surface area contributed by atoms with Gasteiger partial charge in [0.05, 0.1) is 6.54 Å². The number of thiocarbonyl (C=S) groups is 1. The van der Waals surface area contributed by atoms with Gasteiger partial charge in [0.1, 0.15) is 4.99 Å². The smallest absolute Gasteiger partial charge is 0.254 e. The van der Waals surface area contributed by atoms with Crippen molar-refractivity contribution in [1.29, 1.82) is 0 Å². The molecule has 5 nitrogen and oxygen atoms in total. The number of benzene rings is 1. The van der Waals surface area contributed by atoms with Crippen LogP contribution in [-0.2, 0) is 4.79 Å². The monoisotopic (exact) mass is 279 g/mol. The molecule has 2 amide bonds. The Labute approximate surface area is 117 Å². The van der Waals surface area contributed by atoms with Crippen LogP contribution in [-0.4, -0.2) is 34.3 Å². The Bertz CT molecular complexity index is 497. The fourth-order valence-electron chi connectivity index (χ4n) is 1.60. The predicted molar refractivity (Wildman–Crippen MR) is 77.7 cm³/mol. The molecule has 6 heteroatoms. The maximum atomic E-state index is 12.3. The molecular formula is C13H17N3O2S. The first-order chi connectivity index (χ1) is 8.82. The number of nitrogens with two attached hydrogens (primary N) is 2. The Hall–Kier alpha value is -1.95. The summed E-state index contributed by atoms with van der Waals surface area (Å²) in [6.45, 7) is 3.54. The minimum Gasteiger partial charge on any atom is -0.389 e. The highest BCUT2D eigenvalue weighted by Crippen LogP contribution is 2.10. The summed E-state index contributed by atoms with van der Waals surface area (Å²) in [7, 11) is 0. The van der Waals surface area contributed by atoms with Crippen LogP contribution >= 0.6 is 12.2 Å². The van der Waals surface area contributed by atoms with Crippen LogP contribution in [0.1, 0.15) is 29.8 Å². The summed E-state index contributed by atoms with van der Waals surface area (Å²) in [4.78, 5) is 24.9. The lowest BCUT2D eigenvalue weighted by molar-refractivity contribution is -0.119. The van der Waals surface area contributed by atoms with Gasteiger partial charge in [-0.25, -0.2) is 0 Å². The molecule has 0 atom stereocenters. The summed E-state index contributed by atoms with van der Waals surface area (Å²) in [5.41, 5.74) is 11.8. The van der Waals surface area contributed by atoms with Crippen molar-refractivity contribution in [1.82, 2.24) is 4.90 Å². The van der Waals surface area contributed by atoms with Crippen molar-refractivity contribution in [2.45, 2.75) is 19.9 Å². The van der Waals surface area contributed by atoms with Crippen LogP contribution in [0.25, 0.3) is 0 Å². The van der Waals surface area contributed by atoms with E-state index in [9.17, 15) is 9.59 Å². The first-order valence-corrected chi connectivity index (χ1v) is 6.23. The first kappa shape index (κ1) is 15.1. The summed E-state index contributed by atoms with van der Waals surface area (Å²) in [5.74, 6) is -0.787. The van der Waals surface area contributed by atoms with E-state index in [1.165, 1.54) is 4.90 Å². The highest BCUT2D eigenvalue weighted by atomic mass is 32.1. The standard InChI is InChI=1S/C13H17N3O2S/c1-8(2)16(7-11(14)17)13(18)10-5-3-9(4-6-10)12(15)19/h3-6,8H,7H2,1-2H3,(H2,14,17)(H2,15,19). The zero-order chi connectivity index (χ0) is 14.6. The average molecular weight is 279 g/mol. The Morgan fingerprint density at radius 2 is 1.63 bits per heavy atom. The minimum atomic E-state index is -0.540. The first-order valence-electron chi connectivity index (χ1n) is 5.82. The van der Waals surface area contributed by atoms with Crippen molar-refractivity contribution in [2.75, 3.05) is 6.54 Å². The number of amides is 2. The molecule has 0 aromatic heterocycles. The molecule has 1 aromatic carbocycles. The maximum absolute atomic E-state index is 12.3. The van der Waals surface area contributed by atoms with Gasteiger partial charge in [-0.15, -0.1) is 0 Å². The second-order valence-corrected chi connectivity index (χ2v) is 4.87. The highest BCUT2D eigenvalue weighted by Gasteiger charge is 2.20. The van der Waals surface area contributed by atoms with Crippen molar-refractivity contribution < 1.29 is 9.59 Å². The molecular weight excluding hydrogens is 262 g/mol. The second-order valence-electron chi connectivity index (χ2n) is 4.43. The molecule has 0 aliphatic heterocycles. The molecule has 1 aromatic rings. The van der Waals surface area contributed by atoms with E-state index < -0.39 is 5.91 Å². The SMILES string of the molecule is CC(C)N(CC(N)=O)C(=O)c1ccc(C(N)=S)cc1. The van der Waals surface area contributed by atoms with Gasteiger partial charge in [-0.1, -0.05) is 24.4 Å². The van der Waals surface area contributed by atoms with Gasteiger partial charge in [0.15, 0.2) is 0 Å². The fourth-order valence-corrected chi connectivity index (χ4v) is 1.74. The van der Waals surface area contributed by atoms with Gasteiger partial charge < -0.3 is 16.4 Å². The number of hydrogen-bond donors (Lipinski definition) is 2. The van der Waals surface area contributed by atoms with E-state index in [2.05, 4.69) is 0 Å². The van der Waals surface area contributed by atoms with E-state index in [0.717, 1.165) is 0 Å². The summed E-state index contributed by atoms with van der Waals surface area (Å²) in [6, 6.07) is 6.51. The molecule has 0 heterocycles. The topological polar surface area (TPSA) is 89.4 Å². The van der Waals surface area contributed by atoms with Gasteiger partial charge in [-0.2, -0.15) is 0 Å². The lowest BCUT2D eigenvalue weighted by Crippen LogP contribution is -2.42. The molecule has 0 bridgehead atoms. The van der Waals surface area contributed by atoms with Crippen LogP contribution in [0.4, 0.5) is 0 Å². The third-order valence-electron chi connectivity index (χ3n) is 2.63. The molecule has 0 aliphatic rings. The molecule has 0 saturated carbocycles. The van der Waals surface area contributed by atoms with E-state index in [4.69, 9.17) is 23.7 Å². The van der Waals surface area contributed by atoms with Crippen LogP contribution in [0, 0.1) is 0 Å². The molecule has 1 rings (SSSR count). The van der Waals surface area contributed by atoms with Crippen molar-refractivity contribution >= 4 is 29.0 Å². The fraction of sp³-hybridized carbons (Fsp3) is 0.308. The number of nitrogens with zero attached hydrogens (tertiary/aromatic N) is 1. The summed E-state index contributed by atoms with van der Waals surface area (Å²) in [6.07, 6.45) is 0. The van der Waals surface area contributed by atoms with Crippen LogP contribution in [0.5, 0.6) is 0 Å². The Morgan fingerprint density at radius 1 is 1.16 bits per heavy atom. The van der Waals surface area contributed by atoms with Crippen molar-refractivity contribution in [3.8, 4) is 0 Å². The van der Waals surface area contributed by atoms with Crippen LogP contribution in [0.15, 0.2) is 24.3 Å². The van der Waals surface area contributed by atoms with E-state index in [-0.39, 0.29) is 23.5 Å². The molecule has 4 N–H and O–H groups in total. The lowest BCUT2D eigenvalue weighted by atomic mass is 10.1. The Kier molecular flexibility index (Phi) is 5.00. The molecule has 19 heavy (non-hydrogen) atoms. The second kappa shape index (κ2) is 6.29. The average Bonchev–Trinajstić information content (AvgIpc) is 2.34. The predicted octanol–water partition coefficient (Wildman–Crippen LogP) is 0.657. The largest absolute Gasteiger partial charge is 0.389 e. The third kappa shape index (κ3) is 4.03. The lowest BCUT2D eigenvalue weighted by Gasteiger charge is -2.25. The molecule has 0 fully saturated rings. The highest BCUT2D eigenvalue weighted by molar-refractivity contribution is 7.80. The van der Waals surface area contributed by atoms with Gasteiger partial charge in [-0.05, 0) is 26.0 Å². The number of carbonyl (C=O) groups excluding carboxylic acids is 2. The summed E-state index contributed by atoms with van der Waals surface area (Å²) < 4.78 is 0. The normalized spacial score (nSPS) is 10.3. The van der Waals surface area contributed by atoms with E-state index in [1.54, 1.807) is 24.3 Å². The van der Waals surface area contributed by atoms with Gasteiger partial charge in [0, 0.05) is 17.2 Å². The zero-order valence-electron chi connectivity index (χ0n) is 10.9. The van der Waals surface area contributed by atoms with Gasteiger partial charge in [0.25, 0.3) is 5.91 Å². The maximum Gasteiger partial charge on any atom is 0.254 e. The quantitative estimate of drug-likeness (QED) is 0.775. The van der Waals surface area contributed by atoms with E-state index in [1.807, 2.05) is 13.8 Å². The summed E-state index contributed by atoms with van der Waals surface area (Å²) >= 11 is 4.84. The molecule has 0 radical (unpaired) electrons. The number of hydrogen-bond acceptors (Lipinski definition) is 3. The summed E-state index contributed by atoms with van der Waals surface area (Å²) in [5, 5.41) is 0. The molecule has 0 spiro atoms. The van der Waals surface area contributed by atoms with Gasteiger partial charge >= 0.3 is 0 Å². The van der Waals surface area contributed by atoms with Crippen LogP contribution in [0.2, 0.25) is 0 Å². The number of rotatable bonds is 5. The molecule has 0 unspecified atom stereocenters.